The molecule has 0 aliphatic carbocycles. The molecule has 0 fully saturated rings. The molecular weight excluding hydrogens is 681 g/mol. The molecule has 0 amide bonds. The van der Waals surface area contributed by atoms with Crippen molar-refractivity contribution in [2.24, 2.45) is 0 Å². The number of hydrogen-bond donors (Lipinski definition) is 0. The van der Waals surface area contributed by atoms with Crippen LogP contribution in [0.1, 0.15) is 0 Å². The lowest BCUT2D eigenvalue weighted by molar-refractivity contribution is 1.02. The van der Waals surface area contributed by atoms with Crippen LogP contribution in [0.15, 0.2) is 182 Å². The molecule has 0 saturated carbocycles. The predicted molar refractivity (Wildman–Crippen MR) is 234 cm³/mol. The van der Waals surface area contributed by atoms with Gasteiger partial charge in [-0.05, 0) is 75.1 Å². The number of fused-ring (bicyclic) bond motifs is 10. The molecule has 0 saturated heterocycles. The van der Waals surface area contributed by atoms with Gasteiger partial charge in [0.25, 0.3) is 0 Å². The maximum absolute atomic E-state index is 5.58. The number of para-hydroxylation sites is 1. The van der Waals surface area contributed by atoms with Gasteiger partial charge >= 0.3 is 0 Å². The lowest BCUT2D eigenvalue weighted by Crippen LogP contribution is -2.04. The third-order valence-electron chi connectivity index (χ3n) is 12.0. The van der Waals surface area contributed by atoms with Crippen molar-refractivity contribution < 1.29 is 0 Å². The fraction of sp³-hybridized carbons (Fsp3) is 0. The molecule has 13 rings (SSSR count). The van der Waals surface area contributed by atoms with Gasteiger partial charge in [0, 0.05) is 43.3 Å². The van der Waals surface area contributed by atoms with Crippen LogP contribution < -0.4 is 0 Å². The molecule has 13 aromatic rings. The molecule has 0 unspecified atom stereocenters. The van der Waals surface area contributed by atoms with Crippen molar-refractivity contribution in [1.29, 1.82) is 0 Å². The number of hydrogen-bond acceptors (Lipinski definition) is 2. The summed E-state index contributed by atoms with van der Waals surface area (Å²) in [5.74, 6) is 0.657. The molecule has 0 aliphatic rings. The second-order valence-corrected chi connectivity index (χ2v) is 14.9. The summed E-state index contributed by atoms with van der Waals surface area (Å²) in [6, 6.07) is 65.8. The van der Waals surface area contributed by atoms with Crippen LogP contribution in [0.25, 0.3) is 121 Å². The van der Waals surface area contributed by atoms with E-state index in [1.165, 1.54) is 65.2 Å². The average Bonchev–Trinajstić information content (AvgIpc) is 3.74. The van der Waals surface area contributed by atoms with Crippen LogP contribution in [0.4, 0.5) is 0 Å². The van der Waals surface area contributed by atoms with Crippen molar-refractivity contribution in [3.8, 4) is 28.3 Å². The van der Waals surface area contributed by atoms with Gasteiger partial charge in [-0.25, -0.2) is 9.97 Å². The fourth-order valence-electron chi connectivity index (χ4n) is 9.66. The largest absolute Gasteiger partial charge is 0.308 e. The monoisotopic (exact) mass is 710 g/mol. The summed E-state index contributed by atoms with van der Waals surface area (Å²) < 4.78 is 4.82. The molecule has 258 valence electrons. The number of rotatable bonds is 3. The Morgan fingerprint density at radius 3 is 1.88 bits per heavy atom. The highest BCUT2D eigenvalue weighted by atomic mass is 15.2. The minimum absolute atomic E-state index is 0.657. The summed E-state index contributed by atoms with van der Waals surface area (Å²) in [7, 11) is 0. The Hall–Kier alpha value is -7.56. The van der Waals surface area contributed by atoms with E-state index in [9.17, 15) is 0 Å². The molecule has 0 aliphatic heterocycles. The first-order valence-corrected chi connectivity index (χ1v) is 19.2. The minimum Gasteiger partial charge on any atom is -0.308 e. The van der Waals surface area contributed by atoms with Crippen LogP contribution in [0.3, 0.4) is 0 Å². The van der Waals surface area contributed by atoms with E-state index in [0.29, 0.717) is 5.95 Å². The van der Waals surface area contributed by atoms with Gasteiger partial charge in [-0.15, -0.1) is 0 Å². The third-order valence-corrected chi connectivity index (χ3v) is 12.0. The van der Waals surface area contributed by atoms with Crippen LogP contribution in [-0.2, 0) is 0 Å². The highest BCUT2D eigenvalue weighted by molar-refractivity contribution is 6.35. The van der Waals surface area contributed by atoms with Crippen molar-refractivity contribution in [3.05, 3.63) is 182 Å². The molecular formula is C52H30N4. The van der Waals surface area contributed by atoms with Crippen LogP contribution in [0.5, 0.6) is 0 Å². The predicted octanol–water partition coefficient (Wildman–Crippen LogP) is 13.5. The number of aromatic nitrogens is 4. The number of nitrogens with zero attached hydrogens (tertiary/aromatic N) is 4. The smallest absolute Gasteiger partial charge is 0.235 e. The van der Waals surface area contributed by atoms with Crippen molar-refractivity contribution in [3.63, 3.8) is 0 Å². The maximum Gasteiger partial charge on any atom is 0.235 e. The molecule has 56 heavy (non-hydrogen) atoms. The summed E-state index contributed by atoms with van der Waals surface area (Å²) in [4.78, 5) is 11.1. The van der Waals surface area contributed by atoms with Crippen LogP contribution in [0.2, 0.25) is 0 Å². The SMILES string of the molecule is c1ccc(-c2cccc(-c3nc(-n4c5cccc6c5c5c4cccc5n4c5ccccc5c5cc7ccccc7c6c54)nc4c3ccc3ccccc34)c2)cc1. The Morgan fingerprint density at radius 2 is 0.982 bits per heavy atom. The van der Waals surface area contributed by atoms with Gasteiger partial charge < -0.3 is 4.40 Å². The zero-order chi connectivity index (χ0) is 36.5. The van der Waals surface area contributed by atoms with Gasteiger partial charge in [0.1, 0.15) is 0 Å². The average molecular weight is 711 g/mol. The Balaban J connectivity index is 1.22. The molecule has 9 aromatic carbocycles. The van der Waals surface area contributed by atoms with Gasteiger partial charge in [0.05, 0.1) is 38.8 Å². The van der Waals surface area contributed by atoms with Crippen LogP contribution in [0, 0.1) is 0 Å². The van der Waals surface area contributed by atoms with Crippen molar-refractivity contribution >= 4 is 92.3 Å². The van der Waals surface area contributed by atoms with E-state index in [1.807, 2.05) is 0 Å². The molecule has 4 heterocycles. The van der Waals surface area contributed by atoms with Gasteiger partial charge in [-0.2, -0.15) is 0 Å². The summed E-state index contributed by atoms with van der Waals surface area (Å²) in [5, 5.41) is 13.2. The summed E-state index contributed by atoms with van der Waals surface area (Å²) in [5.41, 5.74) is 11.0. The van der Waals surface area contributed by atoms with E-state index in [-0.39, 0.29) is 0 Å². The van der Waals surface area contributed by atoms with E-state index in [2.05, 4.69) is 191 Å². The van der Waals surface area contributed by atoms with E-state index < -0.39 is 0 Å². The fourth-order valence-corrected chi connectivity index (χ4v) is 9.66. The van der Waals surface area contributed by atoms with E-state index >= 15 is 0 Å². The lowest BCUT2D eigenvalue weighted by atomic mass is 9.98. The number of benzene rings is 9. The van der Waals surface area contributed by atoms with Gasteiger partial charge in [0.15, 0.2) is 0 Å². The Labute approximate surface area is 320 Å². The van der Waals surface area contributed by atoms with Crippen molar-refractivity contribution in [2.45, 2.75) is 0 Å². The molecule has 0 spiro atoms. The van der Waals surface area contributed by atoms with Gasteiger partial charge in [0.2, 0.25) is 5.95 Å². The van der Waals surface area contributed by atoms with Crippen molar-refractivity contribution in [1.82, 2.24) is 18.9 Å². The summed E-state index contributed by atoms with van der Waals surface area (Å²) in [6.45, 7) is 0. The van der Waals surface area contributed by atoms with Gasteiger partial charge in [-0.1, -0.05) is 140 Å². The maximum atomic E-state index is 5.58. The highest BCUT2D eigenvalue weighted by Gasteiger charge is 2.25. The summed E-state index contributed by atoms with van der Waals surface area (Å²) in [6.07, 6.45) is 0. The molecule has 0 atom stereocenters. The Morgan fingerprint density at radius 1 is 0.339 bits per heavy atom. The minimum atomic E-state index is 0.657. The van der Waals surface area contributed by atoms with E-state index in [0.717, 1.165) is 49.5 Å². The topological polar surface area (TPSA) is 35.1 Å². The first-order chi connectivity index (χ1) is 27.8. The van der Waals surface area contributed by atoms with Crippen LogP contribution >= 0.6 is 0 Å². The molecule has 4 aromatic heterocycles. The quantitative estimate of drug-likeness (QED) is 0.171. The Kier molecular flexibility index (Phi) is 5.86. The van der Waals surface area contributed by atoms with Gasteiger partial charge in [-0.3, -0.25) is 4.57 Å². The van der Waals surface area contributed by atoms with E-state index in [1.54, 1.807) is 0 Å². The second-order valence-electron chi connectivity index (χ2n) is 14.9. The first kappa shape index (κ1) is 29.8. The molecule has 4 heteroatoms. The first-order valence-electron chi connectivity index (χ1n) is 19.2. The zero-order valence-electron chi connectivity index (χ0n) is 30.1. The standard InChI is InChI=1S/C52H30N4/c1-2-13-31(14-3-1)33-17-10-18-35(29-33)49-40-28-27-32-15-4-7-20-37(32)50(40)54-52(53-49)56-43-24-11-22-39-46-36-19-6-5-16-34(36)30-41-38-21-8-9-23-42(38)55(51(41)46)44-25-12-26-45(56)48(44)47(39)43/h1-30H. The molecule has 0 radical (unpaired) electrons. The Bertz CT molecular complexity index is 3730. The third kappa shape index (κ3) is 3.92. The molecule has 0 bridgehead atoms. The molecule has 4 nitrogen and oxygen atoms in total. The van der Waals surface area contributed by atoms with Crippen LogP contribution in [-0.4, -0.2) is 18.9 Å². The van der Waals surface area contributed by atoms with E-state index in [4.69, 9.17) is 9.97 Å². The normalized spacial score (nSPS) is 12.3. The molecule has 0 N–H and O–H groups in total. The summed E-state index contributed by atoms with van der Waals surface area (Å²) >= 11 is 0. The van der Waals surface area contributed by atoms with Crippen molar-refractivity contribution in [2.75, 3.05) is 0 Å². The zero-order valence-corrected chi connectivity index (χ0v) is 30.1. The highest BCUT2D eigenvalue weighted by Crippen LogP contribution is 2.46. The lowest BCUT2D eigenvalue weighted by Gasteiger charge is -2.14. The second kappa shape index (κ2) is 11.0.